The molecule has 0 radical (unpaired) electrons. The molecule has 2 amide bonds. The molecule has 1 atom stereocenters. The molecule has 1 aromatic rings. The molecule has 0 unspecified atom stereocenters. The van der Waals surface area contributed by atoms with Gasteiger partial charge in [0.2, 0.25) is 11.8 Å². The largest absolute Gasteiger partial charge is 0.593 e. The van der Waals surface area contributed by atoms with Gasteiger partial charge in [-0.2, -0.15) is 0 Å². The van der Waals surface area contributed by atoms with Crippen LogP contribution in [0.1, 0.15) is 19.8 Å². The highest BCUT2D eigenvalue weighted by Gasteiger charge is 2.28. The van der Waals surface area contributed by atoms with Crippen molar-refractivity contribution in [2.24, 2.45) is 0 Å². The first-order valence-corrected chi connectivity index (χ1v) is 8.57. The molecule has 0 saturated carbocycles. The second-order valence-corrected chi connectivity index (χ2v) is 6.86. The third kappa shape index (κ3) is 5.09. The van der Waals surface area contributed by atoms with Crippen LogP contribution >= 0.6 is 0 Å². The number of anilines is 1. The second kappa shape index (κ2) is 8.14. The van der Waals surface area contributed by atoms with Gasteiger partial charge in [0.15, 0.2) is 4.90 Å². The van der Waals surface area contributed by atoms with Gasteiger partial charge in [-0.05, 0) is 43.2 Å². The molecule has 124 valence electrons. The molecule has 0 spiro atoms. The summed E-state index contributed by atoms with van der Waals surface area (Å²) in [5.74, 6) is -0.305. The quantitative estimate of drug-likeness (QED) is 0.630. The van der Waals surface area contributed by atoms with Gasteiger partial charge in [-0.15, -0.1) is 4.31 Å². The lowest BCUT2D eigenvalue weighted by Gasteiger charge is -2.31. The van der Waals surface area contributed by atoms with Crippen LogP contribution in [0.4, 0.5) is 5.69 Å². The summed E-state index contributed by atoms with van der Waals surface area (Å²) in [6.45, 7) is 6.25. The fourth-order valence-electron chi connectivity index (χ4n) is 2.45. The highest BCUT2D eigenvalue weighted by atomic mass is 32.2. The van der Waals surface area contributed by atoms with Crippen LogP contribution in [0, 0.1) is 0 Å². The predicted molar refractivity (Wildman–Crippen MR) is 90.1 cm³/mol. The van der Waals surface area contributed by atoms with Crippen LogP contribution in [-0.4, -0.2) is 39.8 Å². The Morgan fingerprint density at radius 1 is 1.30 bits per heavy atom. The maximum Gasteiger partial charge on any atom is 0.247 e. The molecule has 1 aliphatic heterocycles. The van der Waals surface area contributed by atoms with Crippen molar-refractivity contribution in [3.63, 3.8) is 0 Å². The Morgan fingerprint density at radius 2 is 1.91 bits per heavy atom. The number of rotatable bonds is 5. The van der Waals surface area contributed by atoms with Crippen molar-refractivity contribution in [3.8, 4) is 0 Å². The van der Waals surface area contributed by atoms with Crippen molar-refractivity contribution < 1.29 is 14.1 Å². The van der Waals surface area contributed by atoms with Crippen LogP contribution in [0.2, 0.25) is 0 Å². The van der Waals surface area contributed by atoms with Crippen molar-refractivity contribution in [1.82, 2.24) is 9.62 Å². The normalized spacial score (nSPS) is 17.3. The molecule has 6 nitrogen and oxygen atoms in total. The molecular formula is C16H21N3O3S. The molecule has 2 rings (SSSR count). The summed E-state index contributed by atoms with van der Waals surface area (Å²) in [5.41, 5.74) is 0.639. The summed E-state index contributed by atoms with van der Waals surface area (Å²) in [6, 6.07) is 7.10. The SMILES string of the molecule is C=CC(=O)Nc1ccc([S@+]([O-])N2CCC(NC(C)=O)CC2)cc1. The molecule has 0 aliphatic carbocycles. The average Bonchev–Trinajstić information content (AvgIpc) is 2.55. The Hall–Kier alpha value is -1.83. The number of benzene rings is 1. The molecular weight excluding hydrogens is 314 g/mol. The highest BCUT2D eigenvalue weighted by molar-refractivity contribution is 7.89. The van der Waals surface area contributed by atoms with Gasteiger partial charge in [-0.3, -0.25) is 9.59 Å². The molecule has 7 heteroatoms. The fraction of sp³-hybridized carbons (Fsp3) is 0.375. The van der Waals surface area contributed by atoms with E-state index in [1.807, 2.05) is 4.31 Å². The van der Waals surface area contributed by atoms with Gasteiger partial charge in [0.25, 0.3) is 0 Å². The van der Waals surface area contributed by atoms with Gasteiger partial charge in [0.1, 0.15) is 0 Å². The topological polar surface area (TPSA) is 84.5 Å². The average molecular weight is 335 g/mol. The summed E-state index contributed by atoms with van der Waals surface area (Å²) >= 11 is -1.23. The minimum absolute atomic E-state index is 0.0262. The van der Waals surface area contributed by atoms with Gasteiger partial charge >= 0.3 is 0 Å². The third-order valence-electron chi connectivity index (χ3n) is 3.60. The number of nitrogens with zero attached hydrogens (tertiary/aromatic N) is 1. The number of hydrogen-bond donors (Lipinski definition) is 2. The van der Waals surface area contributed by atoms with E-state index in [9.17, 15) is 14.1 Å². The minimum atomic E-state index is -1.23. The maximum atomic E-state index is 12.6. The lowest BCUT2D eigenvalue weighted by atomic mass is 10.1. The predicted octanol–water partition coefficient (Wildman–Crippen LogP) is 1.43. The van der Waals surface area contributed by atoms with Crippen molar-refractivity contribution >= 4 is 28.9 Å². The van der Waals surface area contributed by atoms with Gasteiger partial charge in [-0.25, -0.2) is 0 Å². The van der Waals surface area contributed by atoms with Gasteiger partial charge < -0.3 is 15.2 Å². The van der Waals surface area contributed by atoms with Crippen molar-refractivity contribution in [1.29, 1.82) is 0 Å². The monoisotopic (exact) mass is 335 g/mol. The van der Waals surface area contributed by atoms with Crippen LogP contribution in [0.3, 0.4) is 0 Å². The maximum absolute atomic E-state index is 12.6. The minimum Gasteiger partial charge on any atom is -0.593 e. The standard InChI is InChI=1S/C16H21N3O3S/c1-3-16(21)18-13-4-6-15(7-5-13)23(22)19-10-8-14(9-11-19)17-12(2)20/h3-7,14H,1,8-11H2,2H3,(H,17,20)(H,18,21)/t23-/m0/s1. The van der Waals surface area contributed by atoms with Gasteiger partial charge in [0, 0.05) is 31.7 Å². The summed E-state index contributed by atoms with van der Waals surface area (Å²) in [4.78, 5) is 23.0. The Morgan fingerprint density at radius 3 is 2.43 bits per heavy atom. The summed E-state index contributed by atoms with van der Waals surface area (Å²) in [5, 5.41) is 5.55. The molecule has 1 aliphatic rings. The van der Waals surface area contributed by atoms with Crippen LogP contribution < -0.4 is 10.6 Å². The van der Waals surface area contributed by atoms with E-state index in [0.717, 1.165) is 12.8 Å². The van der Waals surface area contributed by atoms with Crippen LogP contribution in [0.15, 0.2) is 41.8 Å². The summed E-state index contributed by atoms with van der Waals surface area (Å²) in [6.07, 6.45) is 2.78. The number of carbonyl (C=O) groups is 2. The zero-order chi connectivity index (χ0) is 16.8. The van der Waals surface area contributed by atoms with E-state index in [4.69, 9.17) is 0 Å². The van der Waals surface area contributed by atoms with E-state index < -0.39 is 11.4 Å². The van der Waals surface area contributed by atoms with Gasteiger partial charge in [-0.1, -0.05) is 6.58 Å². The van der Waals surface area contributed by atoms with Gasteiger partial charge in [0.05, 0.1) is 11.4 Å². The zero-order valence-corrected chi connectivity index (χ0v) is 13.9. The van der Waals surface area contributed by atoms with E-state index >= 15 is 0 Å². The zero-order valence-electron chi connectivity index (χ0n) is 13.1. The molecule has 0 bridgehead atoms. The van der Waals surface area contributed by atoms with E-state index in [1.54, 1.807) is 24.3 Å². The molecule has 2 N–H and O–H groups in total. The number of amides is 2. The van der Waals surface area contributed by atoms with Crippen molar-refractivity contribution in [3.05, 3.63) is 36.9 Å². The van der Waals surface area contributed by atoms with Crippen LogP contribution in [0.5, 0.6) is 0 Å². The lowest BCUT2D eigenvalue weighted by Crippen LogP contribution is -2.45. The Kier molecular flexibility index (Phi) is 6.20. The van der Waals surface area contributed by atoms with E-state index in [2.05, 4.69) is 17.2 Å². The Labute approximate surface area is 139 Å². The summed E-state index contributed by atoms with van der Waals surface area (Å²) < 4.78 is 14.5. The molecule has 1 fully saturated rings. The lowest BCUT2D eigenvalue weighted by molar-refractivity contribution is -0.119. The molecule has 1 heterocycles. The number of hydrogen-bond acceptors (Lipinski definition) is 4. The molecule has 1 saturated heterocycles. The third-order valence-corrected chi connectivity index (χ3v) is 5.11. The van der Waals surface area contributed by atoms with Crippen LogP contribution in [-0.2, 0) is 21.0 Å². The first-order valence-electron chi connectivity index (χ1n) is 7.47. The first kappa shape index (κ1) is 17.5. The molecule has 0 aromatic heterocycles. The Balaban J connectivity index is 1.90. The smallest absolute Gasteiger partial charge is 0.247 e. The molecule has 23 heavy (non-hydrogen) atoms. The second-order valence-electron chi connectivity index (χ2n) is 5.37. The van der Waals surface area contributed by atoms with E-state index in [0.29, 0.717) is 23.7 Å². The highest BCUT2D eigenvalue weighted by Crippen LogP contribution is 2.22. The van der Waals surface area contributed by atoms with E-state index in [1.165, 1.54) is 13.0 Å². The van der Waals surface area contributed by atoms with Crippen molar-refractivity contribution in [2.45, 2.75) is 30.7 Å². The van der Waals surface area contributed by atoms with E-state index in [-0.39, 0.29) is 17.9 Å². The molecule has 1 aromatic carbocycles. The number of nitrogens with one attached hydrogen (secondary N) is 2. The van der Waals surface area contributed by atoms with Crippen LogP contribution in [0.25, 0.3) is 0 Å². The Bertz CT molecular complexity index is 568. The summed E-state index contributed by atoms with van der Waals surface area (Å²) in [7, 11) is 0. The number of piperidine rings is 1. The fourth-order valence-corrected chi connectivity index (χ4v) is 3.66. The first-order chi connectivity index (χ1) is 11.0. The van der Waals surface area contributed by atoms with Crippen molar-refractivity contribution in [2.75, 3.05) is 18.4 Å². The number of carbonyl (C=O) groups excluding carboxylic acids is 2.